The van der Waals surface area contributed by atoms with E-state index in [9.17, 15) is 24.5 Å². The molecule has 0 saturated heterocycles. The number of nitrogens with zero attached hydrogens (tertiary/aromatic N) is 1. The number of carbonyl (C=O) groups excluding carboxylic acids is 3. The van der Waals surface area contributed by atoms with Gasteiger partial charge in [0.2, 0.25) is 5.91 Å². The monoisotopic (exact) mass is 688 g/mol. The number of hydrogen-bond acceptors (Lipinski definition) is 8. The molecule has 0 spiro atoms. The number of rotatable bonds is 13. The summed E-state index contributed by atoms with van der Waals surface area (Å²) in [5, 5.41) is 19.3. The van der Waals surface area contributed by atoms with Crippen molar-refractivity contribution in [2.75, 3.05) is 24.9 Å². The number of carbonyl (C=O) groups is 3. The van der Waals surface area contributed by atoms with Gasteiger partial charge in [0.1, 0.15) is 22.4 Å². The van der Waals surface area contributed by atoms with Gasteiger partial charge in [-0.2, -0.15) is 0 Å². The molecule has 5 aromatic rings. The van der Waals surface area contributed by atoms with Gasteiger partial charge in [0.05, 0.1) is 24.7 Å². The number of amides is 3. The lowest BCUT2D eigenvalue weighted by atomic mass is 10.1. The van der Waals surface area contributed by atoms with E-state index in [1.807, 2.05) is 30.3 Å². The van der Waals surface area contributed by atoms with Crippen molar-refractivity contribution in [3.63, 3.8) is 0 Å². The smallest absolute Gasteiger partial charge is 0.276 e. The van der Waals surface area contributed by atoms with Crippen molar-refractivity contribution in [2.45, 2.75) is 10.1 Å². The lowest BCUT2D eigenvalue weighted by Crippen LogP contribution is -2.30. The van der Waals surface area contributed by atoms with Crippen LogP contribution in [0.15, 0.2) is 138 Å². The van der Waals surface area contributed by atoms with Gasteiger partial charge in [0.15, 0.2) is 0 Å². The zero-order chi connectivity index (χ0) is 35.5. The maximum Gasteiger partial charge on any atom is 0.276 e. The van der Waals surface area contributed by atoms with Crippen molar-refractivity contribution in [1.29, 1.82) is 0 Å². The van der Waals surface area contributed by atoms with Gasteiger partial charge in [-0.15, -0.1) is 11.8 Å². The predicted molar refractivity (Wildman–Crippen MR) is 193 cm³/mol. The molecule has 0 saturated carbocycles. The van der Waals surface area contributed by atoms with Crippen LogP contribution < -0.4 is 25.4 Å². The number of ether oxygens (including phenoxy) is 2. The summed E-state index contributed by atoms with van der Waals surface area (Å²) in [7, 11) is 3.06. The molecule has 5 aromatic carbocycles. The van der Waals surface area contributed by atoms with Gasteiger partial charge in [0.25, 0.3) is 17.5 Å². The van der Waals surface area contributed by atoms with Crippen LogP contribution in [0.4, 0.5) is 17.1 Å². The summed E-state index contributed by atoms with van der Waals surface area (Å²) < 4.78 is 10.7. The van der Waals surface area contributed by atoms with E-state index in [0.717, 1.165) is 10.5 Å². The first-order valence-corrected chi connectivity index (χ1v) is 16.1. The molecule has 3 amide bonds. The van der Waals surface area contributed by atoms with Crippen molar-refractivity contribution < 1.29 is 28.8 Å². The molecule has 0 fully saturated rings. The number of nitro benzene ring substituents is 1. The molecular formula is C38H32N4O7S. The van der Waals surface area contributed by atoms with Gasteiger partial charge in [0, 0.05) is 46.1 Å². The van der Waals surface area contributed by atoms with Crippen LogP contribution in [0.1, 0.15) is 26.7 Å². The van der Waals surface area contributed by atoms with E-state index in [-0.39, 0.29) is 22.9 Å². The lowest BCUT2D eigenvalue weighted by molar-refractivity contribution is -0.385. The molecule has 0 aliphatic heterocycles. The van der Waals surface area contributed by atoms with Gasteiger partial charge < -0.3 is 25.4 Å². The van der Waals surface area contributed by atoms with Crippen LogP contribution in [0.3, 0.4) is 0 Å². The lowest BCUT2D eigenvalue weighted by Gasteiger charge is -2.18. The summed E-state index contributed by atoms with van der Waals surface area (Å²) in [5.41, 5.74) is 1.71. The molecule has 0 aromatic heterocycles. The summed E-state index contributed by atoms with van der Waals surface area (Å²) in [5.74, 6) is -0.465. The molecular weight excluding hydrogens is 657 g/mol. The molecule has 0 radical (unpaired) electrons. The van der Waals surface area contributed by atoms with Crippen LogP contribution in [0, 0.1) is 10.1 Å². The van der Waals surface area contributed by atoms with Crippen LogP contribution in [0.5, 0.6) is 11.5 Å². The summed E-state index contributed by atoms with van der Waals surface area (Å²) >= 11 is 1.32. The largest absolute Gasteiger partial charge is 0.497 e. The van der Waals surface area contributed by atoms with Gasteiger partial charge in [-0.25, -0.2) is 0 Å². The Morgan fingerprint density at radius 2 is 1.34 bits per heavy atom. The molecule has 0 aliphatic rings. The van der Waals surface area contributed by atoms with E-state index in [1.165, 1.54) is 50.3 Å². The standard InChI is InChI=1S/C38H32N4O7S/c1-48-30-22-29(23-31(24-30)49-2)40-38(45)35(25-11-5-3-6-12-25)50-32-19-17-28(18-20-32)39-37(44)33(41-36(43)26-13-7-4-8-14-26)21-27-15-9-10-16-34(27)42(46)47/h3-24,35H,1-2H3,(H,39,44)(H,40,45)(H,41,43)/b33-21-. The van der Waals surface area contributed by atoms with E-state index >= 15 is 0 Å². The molecule has 252 valence electrons. The first-order chi connectivity index (χ1) is 24.2. The Kier molecular flexibility index (Phi) is 11.6. The zero-order valence-electron chi connectivity index (χ0n) is 27.0. The first-order valence-electron chi connectivity index (χ1n) is 15.2. The van der Waals surface area contributed by atoms with Crippen LogP contribution in [0.25, 0.3) is 6.08 Å². The second-order valence-corrected chi connectivity index (χ2v) is 11.9. The quantitative estimate of drug-likeness (QED) is 0.0499. The minimum absolute atomic E-state index is 0.139. The van der Waals surface area contributed by atoms with Gasteiger partial charge in [-0.05, 0) is 54.1 Å². The Bertz CT molecular complexity index is 2000. The molecule has 1 atom stereocenters. The molecule has 1 unspecified atom stereocenters. The predicted octanol–water partition coefficient (Wildman–Crippen LogP) is 7.49. The highest BCUT2D eigenvalue weighted by molar-refractivity contribution is 8.00. The van der Waals surface area contributed by atoms with Crippen molar-refractivity contribution >= 4 is 52.6 Å². The highest BCUT2D eigenvalue weighted by atomic mass is 32.2. The van der Waals surface area contributed by atoms with E-state index in [0.29, 0.717) is 28.4 Å². The maximum absolute atomic E-state index is 13.7. The number of hydrogen-bond donors (Lipinski definition) is 3. The highest BCUT2D eigenvalue weighted by Crippen LogP contribution is 2.37. The van der Waals surface area contributed by atoms with E-state index < -0.39 is 22.0 Å². The van der Waals surface area contributed by atoms with E-state index in [1.54, 1.807) is 78.9 Å². The molecule has 5 rings (SSSR count). The fraction of sp³-hybridized carbons (Fsp3) is 0.0789. The van der Waals surface area contributed by atoms with Crippen molar-refractivity contribution in [3.05, 3.63) is 160 Å². The summed E-state index contributed by atoms with van der Waals surface area (Å²) in [6.07, 6.45) is 1.26. The molecule has 0 aliphatic carbocycles. The number of methoxy groups -OCH3 is 2. The number of nitro groups is 1. The molecule has 0 heterocycles. The molecule has 0 bridgehead atoms. The minimum Gasteiger partial charge on any atom is -0.497 e. The Hall–Kier alpha value is -6.40. The third-order valence-electron chi connectivity index (χ3n) is 7.29. The second kappa shape index (κ2) is 16.6. The number of anilines is 2. The number of para-hydroxylation sites is 1. The number of nitrogens with one attached hydrogen (secondary N) is 3. The van der Waals surface area contributed by atoms with Gasteiger partial charge >= 0.3 is 0 Å². The summed E-state index contributed by atoms with van der Waals surface area (Å²) in [6.45, 7) is 0. The molecule has 12 heteroatoms. The Morgan fingerprint density at radius 3 is 1.96 bits per heavy atom. The highest BCUT2D eigenvalue weighted by Gasteiger charge is 2.23. The zero-order valence-corrected chi connectivity index (χ0v) is 27.8. The van der Waals surface area contributed by atoms with Crippen LogP contribution in [-0.2, 0) is 9.59 Å². The number of thioether (sulfide) groups is 1. The van der Waals surface area contributed by atoms with Gasteiger partial charge in [-0.1, -0.05) is 60.7 Å². The van der Waals surface area contributed by atoms with Crippen molar-refractivity contribution in [1.82, 2.24) is 5.32 Å². The van der Waals surface area contributed by atoms with Crippen molar-refractivity contribution in [2.24, 2.45) is 0 Å². The fourth-order valence-electron chi connectivity index (χ4n) is 4.81. The Morgan fingerprint density at radius 1 is 0.740 bits per heavy atom. The fourth-order valence-corrected chi connectivity index (χ4v) is 5.84. The van der Waals surface area contributed by atoms with E-state index in [2.05, 4.69) is 16.0 Å². The third-order valence-corrected chi connectivity index (χ3v) is 8.55. The maximum atomic E-state index is 13.7. The third kappa shape index (κ3) is 9.14. The van der Waals surface area contributed by atoms with Crippen molar-refractivity contribution in [3.8, 4) is 11.5 Å². The SMILES string of the molecule is COc1cc(NC(=O)C(Sc2ccc(NC(=O)/C(=C/c3ccccc3[N+](=O)[O-])NC(=O)c3ccccc3)cc2)c2ccccc2)cc(OC)c1. The first kappa shape index (κ1) is 34.9. The normalized spacial score (nSPS) is 11.5. The Balaban J connectivity index is 1.36. The van der Waals surface area contributed by atoms with E-state index in [4.69, 9.17) is 9.47 Å². The average molecular weight is 689 g/mol. The number of benzene rings is 5. The molecule has 11 nitrogen and oxygen atoms in total. The van der Waals surface area contributed by atoms with Crippen LogP contribution in [0.2, 0.25) is 0 Å². The topological polar surface area (TPSA) is 149 Å². The Labute approximate surface area is 292 Å². The summed E-state index contributed by atoms with van der Waals surface area (Å²) in [4.78, 5) is 52.0. The van der Waals surface area contributed by atoms with Gasteiger partial charge in [-0.3, -0.25) is 24.5 Å². The minimum atomic E-state index is -0.692. The molecule has 50 heavy (non-hydrogen) atoms. The molecule has 3 N–H and O–H groups in total. The second-order valence-electron chi connectivity index (χ2n) is 10.7. The summed E-state index contributed by atoms with van der Waals surface area (Å²) in [6, 6.07) is 35.5. The average Bonchev–Trinajstić information content (AvgIpc) is 3.14. The van der Waals surface area contributed by atoms with Crippen LogP contribution in [-0.4, -0.2) is 36.9 Å². The van der Waals surface area contributed by atoms with Crippen LogP contribution >= 0.6 is 11.8 Å².